The first kappa shape index (κ1) is 17.9. The Bertz CT molecular complexity index is 806. The van der Waals surface area contributed by atoms with Crippen LogP contribution in [0.4, 0.5) is 0 Å². The molecule has 1 aliphatic rings. The molecule has 1 fully saturated rings. The maximum atomic E-state index is 12.6. The van der Waals surface area contributed by atoms with Crippen molar-refractivity contribution in [2.75, 3.05) is 20.2 Å². The molecule has 3 rings (SSSR count). The highest BCUT2D eigenvalue weighted by Crippen LogP contribution is 2.21. The minimum absolute atomic E-state index is 0.0331. The number of aryl methyl sites for hydroxylation is 1. The van der Waals surface area contributed by atoms with Crippen LogP contribution in [-0.2, 0) is 11.3 Å². The number of likely N-dealkylation sites (tertiary alicyclic amines) is 1. The van der Waals surface area contributed by atoms with Crippen molar-refractivity contribution in [2.45, 2.75) is 19.9 Å². The van der Waals surface area contributed by atoms with E-state index in [0.29, 0.717) is 37.4 Å². The van der Waals surface area contributed by atoms with Crippen LogP contribution < -0.4 is 10.1 Å². The molecule has 2 heterocycles. The van der Waals surface area contributed by atoms with E-state index in [9.17, 15) is 9.59 Å². The second kappa shape index (κ2) is 7.99. The van der Waals surface area contributed by atoms with E-state index < -0.39 is 0 Å². The standard InChI is InChI=1S/C20H23N3O3/c1-14-5-3-7-17(22-14)12-21-19(24)16-9-10-23(13-16)20(25)15-6-4-8-18(11-15)26-2/h3-8,11,16H,9-10,12-13H2,1-2H3,(H,21,24)/t16-/m1/s1. The van der Waals surface area contributed by atoms with Crippen molar-refractivity contribution < 1.29 is 14.3 Å². The lowest BCUT2D eigenvalue weighted by Crippen LogP contribution is -2.34. The fourth-order valence-electron chi connectivity index (χ4n) is 3.12. The zero-order valence-electron chi connectivity index (χ0n) is 15.1. The first-order valence-corrected chi connectivity index (χ1v) is 8.70. The summed E-state index contributed by atoms with van der Waals surface area (Å²) in [5.74, 6) is 0.359. The number of aromatic nitrogens is 1. The number of nitrogens with one attached hydrogen (secondary N) is 1. The molecule has 1 aromatic carbocycles. The van der Waals surface area contributed by atoms with Crippen molar-refractivity contribution in [3.63, 3.8) is 0 Å². The van der Waals surface area contributed by atoms with Crippen molar-refractivity contribution in [3.8, 4) is 5.75 Å². The van der Waals surface area contributed by atoms with Crippen LogP contribution >= 0.6 is 0 Å². The number of pyridine rings is 1. The number of carbonyl (C=O) groups is 2. The van der Waals surface area contributed by atoms with Gasteiger partial charge in [0.15, 0.2) is 0 Å². The van der Waals surface area contributed by atoms with Crippen LogP contribution in [0.5, 0.6) is 5.75 Å². The molecule has 0 bridgehead atoms. The number of amides is 2. The summed E-state index contributed by atoms with van der Waals surface area (Å²) in [7, 11) is 1.57. The van der Waals surface area contributed by atoms with E-state index in [-0.39, 0.29) is 17.7 Å². The minimum Gasteiger partial charge on any atom is -0.497 e. The van der Waals surface area contributed by atoms with E-state index in [4.69, 9.17) is 4.74 Å². The molecular weight excluding hydrogens is 330 g/mol. The summed E-state index contributed by atoms with van der Waals surface area (Å²) in [6.07, 6.45) is 0.669. The molecule has 136 valence electrons. The predicted molar refractivity (Wildman–Crippen MR) is 97.8 cm³/mol. The van der Waals surface area contributed by atoms with E-state index in [0.717, 1.165) is 11.4 Å². The quantitative estimate of drug-likeness (QED) is 0.894. The Morgan fingerprint density at radius 2 is 2.08 bits per heavy atom. The summed E-state index contributed by atoms with van der Waals surface area (Å²) in [6, 6.07) is 12.8. The molecule has 0 aliphatic carbocycles. The summed E-state index contributed by atoms with van der Waals surface area (Å²) in [5.41, 5.74) is 2.34. The van der Waals surface area contributed by atoms with Gasteiger partial charge in [-0.3, -0.25) is 14.6 Å². The molecule has 26 heavy (non-hydrogen) atoms. The number of carbonyl (C=O) groups excluding carboxylic acids is 2. The molecule has 6 nitrogen and oxygen atoms in total. The first-order chi connectivity index (χ1) is 12.6. The molecular formula is C20H23N3O3. The summed E-state index contributed by atoms with van der Waals surface area (Å²) in [6.45, 7) is 3.34. The normalized spacial score (nSPS) is 16.4. The van der Waals surface area contributed by atoms with Crippen LogP contribution in [0.1, 0.15) is 28.2 Å². The highest BCUT2D eigenvalue weighted by molar-refractivity contribution is 5.95. The van der Waals surface area contributed by atoms with Gasteiger partial charge in [-0.2, -0.15) is 0 Å². The minimum atomic E-state index is -0.186. The largest absolute Gasteiger partial charge is 0.497 e. The number of benzene rings is 1. The number of ether oxygens (including phenoxy) is 1. The predicted octanol–water partition coefficient (Wildman–Crippen LogP) is 2.18. The van der Waals surface area contributed by atoms with E-state index in [2.05, 4.69) is 10.3 Å². The van der Waals surface area contributed by atoms with Crippen LogP contribution in [0.25, 0.3) is 0 Å². The van der Waals surface area contributed by atoms with Gasteiger partial charge >= 0.3 is 0 Å². The maximum Gasteiger partial charge on any atom is 0.254 e. The average Bonchev–Trinajstić information content (AvgIpc) is 3.16. The molecule has 1 atom stereocenters. The second-order valence-electron chi connectivity index (χ2n) is 6.46. The molecule has 0 radical (unpaired) electrons. The van der Waals surface area contributed by atoms with E-state index in [1.165, 1.54) is 0 Å². The molecule has 2 aromatic rings. The van der Waals surface area contributed by atoms with Gasteiger partial charge in [-0.25, -0.2) is 0 Å². The Kier molecular flexibility index (Phi) is 5.51. The van der Waals surface area contributed by atoms with Gasteiger partial charge in [0.1, 0.15) is 5.75 Å². The van der Waals surface area contributed by atoms with Crippen LogP contribution in [0.15, 0.2) is 42.5 Å². The van der Waals surface area contributed by atoms with Crippen LogP contribution in [0.2, 0.25) is 0 Å². The van der Waals surface area contributed by atoms with Crippen molar-refractivity contribution in [2.24, 2.45) is 5.92 Å². The zero-order valence-corrected chi connectivity index (χ0v) is 15.1. The SMILES string of the molecule is COc1cccc(C(=O)N2CC[C@@H](C(=O)NCc3cccc(C)n3)C2)c1. The molecule has 1 N–H and O–H groups in total. The highest BCUT2D eigenvalue weighted by atomic mass is 16.5. The van der Waals surface area contributed by atoms with Crippen molar-refractivity contribution >= 4 is 11.8 Å². The Morgan fingerprint density at radius 3 is 2.85 bits per heavy atom. The molecule has 6 heteroatoms. The van der Waals surface area contributed by atoms with Gasteiger partial charge in [0.25, 0.3) is 5.91 Å². The summed E-state index contributed by atoms with van der Waals surface area (Å²) in [4.78, 5) is 31.1. The smallest absolute Gasteiger partial charge is 0.254 e. The maximum absolute atomic E-state index is 12.6. The summed E-state index contributed by atoms with van der Waals surface area (Å²) >= 11 is 0. The average molecular weight is 353 g/mol. The van der Waals surface area contributed by atoms with Crippen LogP contribution in [-0.4, -0.2) is 41.9 Å². The molecule has 1 saturated heterocycles. The Hall–Kier alpha value is -2.89. The lowest BCUT2D eigenvalue weighted by Gasteiger charge is -2.17. The first-order valence-electron chi connectivity index (χ1n) is 8.70. The summed E-state index contributed by atoms with van der Waals surface area (Å²) in [5, 5.41) is 2.93. The molecule has 0 unspecified atom stereocenters. The zero-order chi connectivity index (χ0) is 18.5. The van der Waals surface area contributed by atoms with E-state index in [1.54, 1.807) is 36.3 Å². The Balaban J connectivity index is 1.55. The molecule has 1 aromatic heterocycles. The Labute approximate surface area is 153 Å². The number of nitrogens with zero attached hydrogens (tertiary/aromatic N) is 2. The topological polar surface area (TPSA) is 71.5 Å². The van der Waals surface area contributed by atoms with Crippen LogP contribution in [0, 0.1) is 12.8 Å². The van der Waals surface area contributed by atoms with Gasteiger partial charge < -0.3 is 15.0 Å². The molecule has 2 amide bonds. The lowest BCUT2D eigenvalue weighted by atomic mass is 10.1. The van der Waals surface area contributed by atoms with Gasteiger partial charge in [0, 0.05) is 24.3 Å². The van der Waals surface area contributed by atoms with Gasteiger partial charge in [0.05, 0.1) is 25.3 Å². The molecule has 0 saturated carbocycles. The van der Waals surface area contributed by atoms with Crippen molar-refractivity contribution in [1.29, 1.82) is 0 Å². The third kappa shape index (κ3) is 4.20. The van der Waals surface area contributed by atoms with Gasteiger partial charge in [-0.05, 0) is 43.7 Å². The fraction of sp³-hybridized carbons (Fsp3) is 0.350. The van der Waals surface area contributed by atoms with Crippen molar-refractivity contribution in [3.05, 3.63) is 59.4 Å². The van der Waals surface area contributed by atoms with Gasteiger partial charge in [0.2, 0.25) is 5.91 Å². The van der Waals surface area contributed by atoms with Crippen LogP contribution in [0.3, 0.4) is 0 Å². The molecule has 1 aliphatic heterocycles. The second-order valence-corrected chi connectivity index (χ2v) is 6.46. The third-order valence-electron chi connectivity index (χ3n) is 4.55. The highest BCUT2D eigenvalue weighted by Gasteiger charge is 2.31. The van der Waals surface area contributed by atoms with E-state index >= 15 is 0 Å². The van der Waals surface area contributed by atoms with E-state index in [1.807, 2.05) is 25.1 Å². The number of rotatable bonds is 5. The number of hydrogen-bond acceptors (Lipinski definition) is 4. The fourth-order valence-corrected chi connectivity index (χ4v) is 3.12. The van der Waals surface area contributed by atoms with Gasteiger partial charge in [-0.15, -0.1) is 0 Å². The molecule has 0 spiro atoms. The monoisotopic (exact) mass is 353 g/mol. The summed E-state index contributed by atoms with van der Waals surface area (Å²) < 4.78 is 5.17. The Morgan fingerprint density at radius 1 is 1.27 bits per heavy atom. The third-order valence-corrected chi connectivity index (χ3v) is 4.55. The number of methoxy groups -OCH3 is 1. The van der Waals surface area contributed by atoms with Gasteiger partial charge in [-0.1, -0.05) is 12.1 Å². The lowest BCUT2D eigenvalue weighted by molar-refractivity contribution is -0.124. The van der Waals surface area contributed by atoms with Crippen molar-refractivity contribution in [1.82, 2.24) is 15.2 Å². The number of hydrogen-bond donors (Lipinski definition) is 1.